The van der Waals surface area contributed by atoms with Crippen LogP contribution in [0.5, 0.6) is 0 Å². The normalized spacial score (nSPS) is 13.8. The van der Waals surface area contributed by atoms with Crippen molar-refractivity contribution in [3.8, 4) is 0 Å². The number of urea groups is 1. The Labute approximate surface area is 143 Å². The minimum atomic E-state index is -5.17. The van der Waals surface area contributed by atoms with Gasteiger partial charge in [0.05, 0.1) is 38.1 Å². The maximum Gasteiger partial charge on any atom is 0.422 e. The number of benzene rings is 1. The van der Waals surface area contributed by atoms with Crippen LogP contribution in [0.25, 0.3) is 0 Å². The quantitative estimate of drug-likeness (QED) is 0.810. The van der Waals surface area contributed by atoms with Crippen molar-refractivity contribution in [1.82, 2.24) is 14.7 Å². The number of carbonyl (C=O) groups excluding carboxylic acids is 1. The molecular weight excluding hydrogens is 363 g/mol. The second kappa shape index (κ2) is 6.56. The van der Waals surface area contributed by atoms with E-state index in [-0.39, 0.29) is 26.2 Å². The lowest BCUT2D eigenvalue weighted by Gasteiger charge is -2.18. The highest BCUT2D eigenvalue weighted by atomic mass is 19.4. The summed E-state index contributed by atoms with van der Waals surface area (Å²) in [6.45, 7) is 0.440. The van der Waals surface area contributed by atoms with Crippen LogP contribution in [0.3, 0.4) is 0 Å². The van der Waals surface area contributed by atoms with Gasteiger partial charge in [-0.1, -0.05) is 0 Å². The predicted octanol–water partition coefficient (Wildman–Crippen LogP) is 2.72. The predicted molar refractivity (Wildman–Crippen MR) is 78.9 cm³/mol. The second-order valence-corrected chi connectivity index (χ2v) is 5.66. The van der Waals surface area contributed by atoms with Gasteiger partial charge in [-0.05, 0) is 12.1 Å². The van der Waals surface area contributed by atoms with Gasteiger partial charge in [0.1, 0.15) is 17.2 Å². The highest BCUT2D eigenvalue weighted by Crippen LogP contribution is 2.35. The van der Waals surface area contributed by atoms with E-state index in [1.54, 1.807) is 0 Å². The second-order valence-electron chi connectivity index (χ2n) is 5.66. The summed E-state index contributed by atoms with van der Waals surface area (Å²) >= 11 is 0. The number of aliphatic hydroxyl groups is 1. The van der Waals surface area contributed by atoms with E-state index in [0.29, 0.717) is 17.8 Å². The zero-order chi connectivity index (χ0) is 19.1. The fourth-order valence-electron chi connectivity index (χ4n) is 2.76. The van der Waals surface area contributed by atoms with Crippen molar-refractivity contribution in [1.29, 1.82) is 0 Å². The Balaban J connectivity index is 1.73. The van der Waals surface area contributed by atoms with Crippen molar-refractivity contribution in [2.75, 3.05) is 11.9 Å². The van der Waals surface area contributed by atoms with E-state index < -0.39 is 35.1 Å². The van der Waals surface area contributed by atoms with Crippen LogP contribution in [-0.4, -0.2) is 32.4 Å². The number of alkyl halides is 3. The first-order chi connectivity index (χ1) is 12.2. The van der Waals surface area contributed by atoms with E-state index >= 15 is 0 Å². The molecule has 2 heterocycles. The monoisotopic (exact) mass is 376 g/mol. The van der Waals surface area contributed by atoms with E-state index in [1.807, 2.05) is 0 Å². The van der Waals surface area contributed by atoms with Crippen LogP contribution in [0.1, 0.15) is 16.8 Å². The van der Waals surface area contributed by atoms with Gasteiger partial charge in [-0.2, -0.15) is 18.3 Å². The molecule has 2 N–H and O–H groups in total. The van der Waals surface area contributed by atoms with E-state index in [1.165, 1.54) is 15.8 Å². The maximum atomic E-state index is 13.6. The molecule has 0 atom stereocenters. The van der Waals surface area contributed by atoms with Gasteiger partial charge in [-0.25, -0.2) is 13.6 Å². The highest BCUT2D eigenvalue weighted by Gasteiger charge is 2.38. The fourth-order valence-corrected chi connectivity index (χ4v) is 2.76. The molecule has 0 unspecified atom stereocenters. The summed E-state index contributed by atoms with van der Waals surface area (Å²) in [7, 11) is 0. The summed E-state index contributed by atoms with van der Waals surface area (Å²) in [5.41, 5.74) is -0.975. The van der Waals surface area contributed by atoms with Crippen molar-refractivity contribution in [3.05, 3.63) is 46.8 Å². The largest absolute Gasteiger partial charge is 0.422 e. The molecule has 2 amide bonds. The van der Waals surface area contributed by atoms with Crippen LogP contribution in [0.2, 0.25) is 0 Å². The van der Waals surface area contributed by atoms with Gasteiger partial charge in [0.2, 0.25) is 0 Å². The Kier molecular flexibility index (Phi) is 4.57. The Morgan fingerprint density at radius 2 is 1.88 bits per heavy atom. The first-order valence-electron chi connectivity index (χ1n) is 7.47. The summed E-state index contributed by atoms with van der Waals surface area (Å²) in [6.07, 6.45) is -3.64. The third-order valence-electron chi connectivity index (χ3n) is 3.91. The number of rotatable bonds is 3. The van der Waals surface area contributed by atoms with Crippen LogP contribution in [-0.2, 0) is 25.8 Å². The van der Waals surface area contributed by atoms with Gasteiger partial charge in [-0.3, -0.25) is 4.68 Å². The van der Waals surface area contributed by atoms with Gasteiger partial charge in [0.15, 0.2) is 0 Å². The molecule has 0 fully saturated rings. The molecule has 3 rings (SSSR count). The number of carbonyl (C=O) groups is 1. The van der Waals surface area contributed by atoms with E-state index in [2.05, 4.69) is 10.4 Å². The SMILES string of the molecule is O=C(Nc1cc(F)c(C(F)(F)F)c(F)c1)N1Cc2cnn(CCO)c2C1. The summed E-state index contributed by atoms with van der Waals surface area (Å²) in [5.74, 6) is -3.62. The lowest BCUT2D eigenvalue weighted by Crippen LogP contribution is -2.31. The van der Waals surface area contributed by atoms with Crippen LogP contribution in [0.15, 0.2) is 18.3 Å². The third-order valence-corrected chi connectivity index (χ3v) is 3.91. The number of amides is 2. The summed E-state index contributed by atoms with van der Waals surface area (Å²) in [6, 6.07) is 0.108. The Morgan fingerprint density at radius 1 is 1.23 bits per heavy atom. The molecule has 2 aromatic rings. The first kappa shape index (κ1) is 18.1. The van der Waals surface area contributed by atoms with Crippen molar-refractivity contribution in [2.24, 2.45) is 0 Å². The van der Waals surface area contributed by atoms with Crippen LogP contribution in [0.4, 0.5) is 32.4 Å². The molecule has 140 valence electrons. The standard InChI is InChI=1S/C15H13F5N4O2/c16-10-3-9(4-11(17)13(10)15(18,19)20)22-14(26)23-6-8-5-21-24(1-2-25)12(8)7-23/h3-5,25H,1-2,6-7H2,(H,22,26). The zero-order valence-electron chi connectivity index (χ0n) is 13.1. The minimum Gasteiger partial charge on any atom is -0.394 e. The summed E-state index contributed by atoms with van der Waals surface area (Å²) in [4.78, 5) is 13.5. The van der Waals surface area contributed by atoms with E-state index in [9.17, 15) is 26.7 Å². The number of hydrogen-bond acceptors (Lipinski definition) is 3. The highest BCUT2D eigenvalue weighted by molar-refractivity contribution is 5.89. The van der Waals surface area contributed by atoms with Crippen LogP contribution >= 0.6 is 0 Å². The average molecular weight is 376 g/mol. The number of anilines is 1. The zero-order valence-corrected chi connectivity index (χ0v) is 13.1. The lowest BCUT2D eigenvalue weighted by atomic mass is 10.1. The fraction of sp³-hybridized carbons (Fsp3) is 0.333. The topological polar surface area (TPSA) is 70.4 Å². The Morgan fingerprint density at radius 3 is 2.46 bits per heavy atom. The Bertz CT molecular complexity index is 826. The molecule has 0 radical (unpaired) electrons. The number of nitrogens with zero attached hydrogens (tertiary/aromatic N) is 3. The first-order valence-corrected chi connectivity index (χ1v) is 7.47. The molecule has 0 saturated carbocycles. The molecule has 6 nitrogen and oxygen atoms in total. The number of halogens is 5. The average Bonchev–Trinajstić information content (AvgIpc) is 3.07. The number of fused-ring (bicyclic) bond motifs is 1. The molecule has 0 aliphatic carbocycles. The molecule has 0 spiro atoms. The summed E-state index contributed by atoms with van der Waals surface area (Å²) < 4.78 is 66.4. The van der Waals surface area contributed by atoms with Crippen molar-refractivity contribution < 1.29 is 31.9 Å². The van der Waals surface area contributed by atoms with Crippen LogP contribution < -0.4 is 5.32 Å². The number of hydrogen-bond donors (Lipinski definition) is 2. The molecule has 1 aromatic heterocycles. The summed E-state index contributed by atoms with van der Waals surface area (Å²) in [5, 5.41) is 15.2. The lowest BCUT2D eigenvalue weighted by molar-refractivity contribution is -0.142. The van der Waals surface area contributed by atoms with E-state index in [4.69, 9.17) is 5.11 Å². The molecule has 1 aromatic carbocycles. The van der Waals surface area contributed by atoms with E-state index in [0.717, 1.165) is 5.56 Å². The molecule has 1 aliphatic heterocycles. The van der Waals surface area contributed by atoms with Gasteiger partial charge in [0, 0.05) is 11.3 Å². The molecule has 1 aliphatic rings. The molecule has 11 heteroatoms. The number of nitrogens with one attached hydrogen (secondary N) is 1. The molecule has 0 bridgehead atoms. The smallest absolute Gasteiger partial charge is 0.394 e. The molecular formula is C15H13F5N4O2. The van der Waals surface area contributed by atoms with Gasteiger partial charge in [-0.15, -0.1) is 0 Å². The van der Waals surface area contributed by atoms with Crippen molar-refractivity contribution >= 4 is 11.7 Å². The Hall–Kier alpha value is -2.69. The third kappa shape index (κ3) is 3.34. The van der Waals surface area contributed by atoms with Gasteiger partial charge < -0.3 is 15.3 Å². The maximum absolute atomic E-state index is 13.6. The van der Waals surface area contributed by atoms with Crippen molar-refractivity contribution in [2.45, 2.75) is 25.8 Å². The van der Waals surface area contributed by atoms with Gasteiger partial charge in [0.25, 0.3) is 0 Å². The number of aromatic nitrogens is 2. The van der Waals surface area contributed by atoms with Gasteiger partial charge >= 0.3 is 12.2 Å². The number of aliphatic hydroxyl groups excluding tert-OH is 1. The molecule has 0 saturated heterocycles. The molecule has 26 heavy (non-hydrogen) atoms. The van der Waals surface area contributed by atoms with Crippen molar-refractivity contribution in [3.63, 3.8) is 0 Å². The minimum absolute atomic E-state index is 0.134. The van der Waals surface area contributed by atoms with Crippen LogP contribution in [0, 0.1) is 11.6 Å².